The van der Waals surface area contributed by atoms with Crippen LogP contribution in [0.3, 0.4) is 0 Å². The van der Waals surface area contributed by atoms with Gasteiger partial charge >= 0.3 is 12.0 Å². The van der Waals surface area contributed by atoms with Crippen LogP contribution in [0.15, 0.2) is 0 Å². The van der Waals surface area contributed by atoms with Gasteiger partial charge in [-0.1, -0.05) is 13.3 Å². The fourth-order valence-corrected chi connectivity index (χ4v) is 4.56. The molecule has 0 spiro atoms. The molecular weight excluding hydrogens is 288 g/mol. The number of piperidine rings is 1. The summed E-state index contributed by atoms with van der Waals surface area (Å²) in [7, 11) is 0. The summed E-state index contributed by atoms with van der Waals surface area (Å²) in [5.41, 5.74) is -0.617. The molecule has 2 heterocycles. The largest absolute Gasteiger partial charge is 0.481 e. The molecule has 0 aromatic rings. The molecule has 2 aliphatic heterocycles. The van der Waals surface area contributed by atoms with Crippen LogP contribution in [0, 0.1) is 11.3 Å². The molecule has 0 radical (unpaired) electrons. The Morgan fingerprint density at radius 1 is 1.38 bits per heavy atom. The number of hydrogen-bond donors (Lipinski definition) is 2. The van der Waals surface area contributed by atoms with Gasteiger partial charge in [0.25, 0.3) is 0 Å². The molecule has 6 heteroatoms. The molecule has 2 aliphatic rings. The van der Waals surface area contributed by atoms with Crippen LogP contribution < -0.4 is 5.32 Å². The lowest BCUT2D eigenvalue weighted by Crippen LogP contribution is -2.50. The van der Waals surface area contributed by atoms with Gasteiger partial charge in [-0.15, -0.1) is 0 Å². The number of likely N-dealkylation sites (tertiary alicyclic amines) is 1. The fraction of sp³-hybridized carbons (Fsp3) is 0.867. The first-order valence-electron chi connectivity index (χ1n) is 7.91. The molecule has 5 nitrogen and oxygen atoms in total. The molecule has 0 aliphatic carbocycles. The lowest BCUT2D eigenvalue weighted by Gasteiger charge is -2.38. The Morgan fingerprint density at radius 2 is 2.10 bits per heavy atom. The molecule has 0 aromatic carbocycles. The minimum Gasteiger partial charge on any atom is -0.481 e. The third kappa shape index (κ3) is 4.05. The number of aliphatic carboxylic acids is 1. The van der Waals surface area contributed by atoms with Crippen LogP contribution in [0.2, 0.25) is 0 Å². The van der Waals surface area contributed by atoms with E-state index in [9.17, 15) is 14.7 Å². The number of hydrogen-bond acceptors (Lipinski definition) is 3. The van der Waals surface area contributed by atoms with E-state index in [0.29, 0.717) is 38.3 Å². The van der Waals surface area contributed by atoms with Crippen molar-refractivity contribution in [3.05, 3.63) is 0 Å². The second-order valence-electron chi connectivity index (χ2n) is 6.24. The zero-order chi connectivity index (χ0) is 15.3. The number of amides is 2. The Balaban J connectivity index is 1.79. The minimum absolute atomic E-state index is 0.0256. The maximum atomic E-state index is 12.2. The quantitative estimate of drug-likeness (QED) is 0.817. The topological polar surface area (TPSA) is 69.6 Å². The van der Waals surface area contributed by atoms with Gasteiger partial charge in [-0.05, 0) is 43.1 Å². The summed E-state index contributed by atoms with van der Waals surface area (Å²) in [6.07, 6.45) is 3.91. The summed E-state index contributed by atoms with van der Waals surface area (Å²) in [6.45, 7) is 3.87. The number of carbonyl (C=O) groups is 2. The minimum atomic E-state index is -0.701. The summed E-state index contributed by atoms with van der Waals surface area (Å²) in [4.78, 5) is 25.5. The molecular formula is C15H26N2O3S. The van der Waals surface area contributed by atoms with Crippen LogP contribution in [-0.4, -0.2) is 53.1 Å². The Labute approximate surface area is 130 Å². The highest BCUT2D eigenvalue weighted by molar-refractivity contribution is 7.99. The van der Waals surface area contributed by atoms with Gasteiger partial charge in [0.15, 0.2) is 0 Å². The van der Waals surface area contributed by atoms with E-state index < -0.39 is 11.4 Å². The van der Waals surface area contributed by atoms with Gasteiger partial charge in [-0.3, -0.25) is 4.79 Å². The van der Waals surface area contributed by atoms with Gasteiger partial charge in [0, 0.05) is 19.6 Å². The van der Waals surface area contributed by atoms with E-state index in [1.807, 2.05) is 18.7 Å². The molecule has 0 aromatic heterocycles. The van der Waals surface area contributed by atoms with Crippen molar-refractivity contribution in [2.45, 2.75) is 39.0 Å². The zero-order valence-electron chi connectivity index (χ0n) is 12.8. The zero-order valence-corrected chi connectivity index (χ0v) is 13.6. The van der Waals surface area contributed by atoms with E-state index in [4.69, 9.17) is 0 Å². The van der Waals surface area contributed by atoms with Crippen molar-refractivity contribution in [2.75, 3.05) is 31.1 Å². The molecule has 2 rings (SSSR count). The van der Waals surface area contributed by atoms with Crippen LogP contribution in [0.1, 0.15) is 39.0 Å². The van der Waals surface area contributed by atoms with Gasteiger partial charge in [0.1, 0.15) is 0 Å². The van der Waals surface area contributed by atoms with Gasteiger partial charge in [0.05, 0.1) is 5.41 Å². The molecule has 0 saturated carbocycles. The standard InChI is InChI=1S/C15H26N2O3S/c1-2-4-15(13(18)19)5-7-17(8-6-15)14(20)16-10-12-3-9-21-11-12/h12H,2-11H2,1H3,(H,16,20)(H,18,19). The number of nitrogens with one attached hydrogen (secondary N) is 1. The molecule has 0 bridgehead atoms. The molecule has 120 valence electrons. The highest BCUT2D eigenvalue weighted by Crippen LogP contribution is 2.36. The number of carboxylic acid groups (broad SMARTS) is 1. The maximum Gasteiger partial charge on any atom is 0.317 e. The smallest absolute Gasteiger partial charge is 0.317 e. The highest BCUT2D eigenvalue weighted by Gasteiger charge is 2.41. The molecule has 2 N–H and O–H groups in total. The number of carboxylic acids is 1. The second-order valence-corrected chi connectivity index (χ2v) is 7.39. The van der Waals surface area contributed by atoms with E-state index in [1.165, 1.54) is 12.2 Å². The van der Waals surface area contributed by atoms with Crippen molar-refractivity contribution in [2.24, 2.45) is 11.3 Å². The van der Waals surface area contributed by atoms with Gasteiger partial charge in [-0.25, -0.2) is 4.79 Å². The summed E-state index contributed by atoms with van der Waals surface area (Å²) in [6, 6.07) is -0.0256. The summed E-state index contributed by atoms with van der Waals surface area (Å²) < 4.78 is 0. The number of carbonyl (C=O) groups excluding carboxylic acids is 1. The first kappa shape index (κ1) is 16.5. The Morgan fingerprint density at radius 3 is 2.62 bits per heavy atom. The summed E-state index contributed by atoms with van der Waals surface area (Å²) in [5, 5.41) is 12.5. The van der Waals surface area contributed by atoms with Gasteiger partial charge in [-0.2, -0.15) is 11.8 Å². The number of nitrogens with zero attached hydrogens (tertiary/aromatic N) is 1. The van der Waals surface area contributed by atoms with Crippen molar-refractivity contribution in [1.29, 1.82) is 0 Å². The number of urea groups is 1. The van der Waals surface area contributed by atoms with E-state index >= 15 is 0 Å². The lowest BCUT2D eigenvalue weighted by molar-refractivity contribution is -0.152. The Bertz CT molecular complexity index is 375. The van der Waals surface area contributed by atoms with Crippen LogP contribution in [0.4, 0.5) is 4.79 Å². The van der Waals surface area contributed by atoms with Crippen LogP contribution >= 0.6 is 11.8 Å². The van der Waals surface area contributed by atoms with Crippen molar-refractivity contribution >= 4 is 23.8 Å². The van der Waals surface area contributed by atoms with Crippen molar-refractivity contribution < 1.29 is 14.7 Å². The predicted molar refractivity (Wildman–Crippen MR) is 84.6 cm³/mol. The molecule has 1 atom stereocenters. The monoisotopic (exact) mass is 314 g/mol. The van der Waals surface area contributed by atoms with Crippen LogP contribution in [-0.2, 0) is 4.79 Å². The third-order valence-electron chi connectivity index (χ3n) is 4.76. The Hall–Kier alpha value is -0.910. The SMILES string of the molecule is CCCC1(C(=O)O)CCN(C(=O)NCC2CCSC2)CC1. The Kier molecular flexibility index (Phi) is 5.79. The van der Waals surface area contributed by atoms with Crippen molar-refractivity contribution in [1.82, 2.24) is 10.2 Å². The average Bonchev–Trinajstić information content (AvgIpc) is 2.99. The molecule has 2 fully saturated rings. The third-order valence-corrected chi connectivity index (χ3v) is 5.99. The average molecular weight is 314 g/mol. The predicted octanol–water partition coefficient (Wildman–Crippen LogP) is 2.42. The summed E-state index contributed by atoms with van der Waals surface area (Å²) >= 11 is 1.95. The van der Waals surface area contributed by atoms with Gasteiger partial charge in [0.2, 0.25) is 0 Å². The van der Waals surface area contributed by atoms with Crippen LogP contribution in [0.5, 0.6) is 0 Å². The van der Waals surface area contributed by atoms with Crippen LogP contribution in [0.25, 0.3) is 0 Å². The van der Waals surface area contributed by atoms with Gasteiger partial charge < -0.3 is 15.3 Å². The number of thioether (sulfide) groups is 1. The van der Waals surface area contributed by atoms with E-state index in [1.54, 1.807) is 4.90 Å². The molecule has 1 unspecified atom stereocenters. The van der Waals surface area contributed by atoms with E-state index in [-0.39, 0.29) is 6.03 Å². The normalized spacial score (nSPS) is 24.8. The number of rotatable bonds is 5. The van der Waals surface area contributed by atoms with E-state index in [0.717, 1.165) is 18.7 Å². The first-order chi connectivity index (χ1) is 10.1. The first-order valence-corrected chi connectivity index (χ1v) is 9.07. The molecule has 2 saturated heterocycles. The van der Waals surface area contributed by atoms with Crippen molar-refractivity contribution in [3.8, 4) is 0 Å². The lowest BCUT2D eigenvalue weighted by atomic mass is 9.75. The van der Waals surface area contributed by atoms with Crippen molar-refractivity contribution in [3.63, 3.8) is 0 Å². The summed E-state index contributed by atoms with van der Waals surface area (Å²) in [5.74, 6) is 2.23. The fourth-order valence-electron chi connectivity index (χ4n) is 3.27. The second kappa shape index (κ2) is 7.38. The molecule has 21 heavy (non-hydrogen) atoms. The maximum absolute atomic E-state index is 12.2. The molecule has 2 amide bonds. The van der Waals surface area contributed by atoms with E-state index in [2.05, 4.69) is 5.32 Å². The highest BCUT2D eigenvalue weighted by atomic mass is 32.2.